The average Bonchev–Trinajstić information content (AvgIpc) is 2.26. The van der Waals surface area contributed by atoms with Crippen molar-refractivity contribution in [2.75, 3.05) is 0 Å². The molecule has 0 aromatic rings. The second-order valence-corrected chi connectivity index (χ2v) is 4.66. The Morgan fingerprint density at radius 3 is 1.53 bits per heavy atom. The molecule has 0 aliphatic heterocycles. The predicted molar refractivity (Wildman–Crippen MR) is 57.3 cm³/mol. The molecule has 6 N–H and O–H groups in total. The number of aliphatic hydroxyl groups excluding tert-OH is 2. The van der Waals surface area contributed by atoms with E-state index in [9.17, 15) is 9.59 Å². The van der Waals surface area contributed by atoms with Crippen molar-refractivity contribution in [3.8, 4) is 0 Å². The molecule has 0 heterocycles. The third-order valence-electron chi connectivity index (χ3n) is 1.87. The molecule has 0 bridgehead atoms. The van der Waals surface area contributed by atoms with Gasteiger partial charge in [0.2, 0.25) is 0 Å². The van der Waals surface area contributed by atoms with Gasteiger partial charge in [0, 0.05) is 0 Å². The van der Waals surface area contributed by atoms with Crippen LogP contribution in [0.5, 0.6) is 0 Å². The van der Waals surface area contributed by atoms with Crippen LogP contribution < -0.4 is 11.5 Å². The molecule has 0 aromatic carbocycles. The number of aliphatic hydroxyl groups is 2. The number of hydrogen-bond donors (Lipinski definition) is 4. The van der Waals surface area contributed by atoms with Crippen LogP contribution in [-0.4, -0.2) is 62.5 Å². The van der Waals surface area contributed by atoms with Crippen LogP contribution in [0.2, 0.25) is 0 Å². The number of rotatable bonds is 6. The fraction of sp³-hybridized carbons (Fsp3) is 0.750. The minimum absolute atomic E-state index is 0.849. The first-order valence-corrected chi connectivity index (χ1v) is 6.52. The van der Waals surface area contributed by atoms with E-state index in [0.29, 0.717) is 0 Å². The molecule has 0 unspecified atom stereocenters. The Bertz CT molecular complexity index is 247. The molecular weight excluding hydrogens is 293 g/mol. The monoisotopic (exact) mass is 310 g/mol. The number of hydrogen-bond acceptors (Lipinski definition) is 8. The standard InChI is InChI=1S/C8H16GeN2O6/c1-3(12)5(10)7(14)16-9-17-8(15)6(11)4(2)13/h3-6,12-13H,10-11H2,1-2H3/t3-,4-,5+,6+/m1/s1. The summed E-state index contributed by atoms with van der Waals surface area (Å²) in [7, 11) is 0. The normalized spacial score (nSPS) is 17.8. The zero-order valence-corrected chi connectivity index (χ0v) is 11.6. The number of carbonyl (C=O) groups excluding carboxylic acids is 2. The van der Waals surface area contributed by atoms with Gasteiger partial charge in [0.05, 0.1) is 0 Å². The van der Waals surface area contributed by atoms with Crippen molar-refractivity contribution in [1.82, 2.24) is 0 Å². The van der Waals surface area contributed by atoms with E-state index in [0.717, 1.165) is 0 Å². The molecule has 0 saturated heterocycles. The second kappa shape index (κ2) is 7.61. The fourth-order valence-corrected chi connectivity index (χ4v) is 1.64. The molecular formula is C8H16GeN2O6. The third kappa shape index (κ3) is 5.98. The van der Waals surface area contributed by atoms with Gasteiger partial charge in [-0.15, -0.1) is 0 Å². The Morgan fingerprint density at radius 1 is 1.00 bits per heavy atom. The first kappa shape index (κ1) is 16.3. The van der Waals surface area contributed by atoms with Gasteiger partial charge in [-0.2, -0.15) is 0 Å². The summed E-state index contributed by atoms with van der Waals surface area (Å²) in [6.45, 7) is 2.67. The second-order valence-electron chi connectivity index (χ2n) is 3.46. The van der Waals surface area contributed by atoms with Crippen molar-refractivity contribution in [3.05, 3.63) is 0 Å². The van der Waals surface area contributed by atoms with Gasteiger partial charge >= 0.3 is 105 Å². The summed E-state index contributed by atoms with van der Waals surface area (Å²) in [4.78, 5) is 22.2. The van der Waals surface area contributed by atoms with E-state index in [-0.39, 0.29) is 0 Å². The molecule has 2 radical (unpaired) electrons. The van der Waals surface area contributed by atoms with E-state index < -0.39 is 52.3 Å². The quantitative estimate of drug-likeness (QED) is 0.380. The molecule has 9 heteroatoms. The van der Waals surface area contributed by atoms with E-state index in [1.807, 2.05) is 0 Å². The maximum atomic E-state index is 11.1. The molecule has 0 saturated carbocycles. The average molecular weight is 309 g/mol. The molecule has 0 aliphatic rings. The van der Waals surface area contributed by atoms with Crippen LogP contribution >= 0.6 is 0 Å². The van der Waals surface area contributed by atoms with E-state index in [2.05, 4.69) is 7.53 Å². The summed E-state index contributed by atoms with van der Waals surface area (Å²) in [5.41, 5.74) is 10.6. The summed E-state index contributed by atoms with van der Waals surface area (Å²) >= 11 is -1.79. The Balaban J connectivity index is 3.92. The summed E-state index contributed by atoms with van der Waals surface area (Å²) in [6, 6.07) is -2.36. The predicted octanol–water partition coefficient (Wildman–Crippen LogP) is -2.98. The zero-order chi connectivity index (χ0) is 13.6. The van der Waals surface area contributed by atoms with E-state index in [1.54, 1.807) is 0 Å². The Morgan fingerprint density at radius 2 is 1.29 bits per heavy atom. The topological polar surface area (TPSA) is 145 Å². The number of nitrogens with two attached hydrogens (primary N) is 2. The summed E-state index contributed by atoms with van der Waals surface area (Å²) in [5.74, 6) is -1.70. The van der Waals surface area contributed by atoms with Gasteiger partial charge in [0.25, 0.3) is 0 Å². The maximum absolute atomic E-state index is 11.1. The minimum atomic E-state index is -1.79. The molecule has 0 aromatic heterocycles. The molecule has 0 fully saturated rings. The molecule has 0 amide bonds. The van der Waals surface area contributed by atoms with Crippen molar-refractivity contribution in [3.63, 3.8) is 0 Å². The van der Waals surface area contributed by atoms with Crippen LogP contribution in [0, 0.1) is 0 Å². The van der Waals surface area contributed by atoms with Crippen molar-refractivity contribution < 1.29 is 27.3 Å². The first-order valence-electron chi connectivity index (χ1n) is 4.81. The molecule has 98 valence electrons. The van der Waals surface area contributed by atoms with Gasteiger partial charge in [-0.1, -0.05) is 0 Å². The molecule has 17 heavy (non-hydrogen) atoms. The van der Waals surface area contributed by atoms with Gasteiger partial charge < -0.3 is 0 Å². The molecule has 0 spiro atoms. The van der Waals surface area contributed by atoms with Gasteiger partial charge in [-0.3, -0.25) is 0 Å². The molecule has 8 nitrogen and oxygen atoms in total. The van der Waals surface area contributed by atoms with Gasteiger partial charge in [-0.05, 0) is 0 Å². The van der Waals surface area contributed by atoms with E-state index in [4.69, 9.17) is 21.7 Å². The Kier molecular flexibility index (Phi) is 7.31. The Labute approximate surface area is 105 Å². The van der Waals surface area contributed by atoms with E-state index in [1.165, 1.54) is 13.8 Å². The third-order valence-corrected chi connectivity index (χ3v) is 3.06. The van der Waals surface area contributed by atoms with Crippen molar-refractivity contribution in [2.45, 2.75) is 38.1 Å². The van der Waals surface area contributed by atoms with Crippen LogP contribution in [-0.2, 0) is 17.1 Å². The van der Waals surface area contributed by atoms with Crippen molar-refractivity contribution >= 4 is 28.0 Å². The van der Waals surface area contributed by atoms with E-state index >= 15 is 0 Å². The molecule has 0 aliphatic carbocycles. The van der Waals surface area contributed by atoms with Crippen LogP contribution in [0.15, 0.2) is 0 Å². The fourth-order valence-electron chi connectivity index (χ4n) is 0.633. The van der Waals surface area contributed by atoms with Gasteiger partial charge in [0.15, 0.2) is 0 Å². The van der Waals surface area contributed by atoms with Gasteiger partial charge in [0.1, 0.15) is 0 Å². The van der Waals surface area contributed by atoms with Crippen molar-refractivity contribution in [1.29, 1.82) is 0 Å². The van der Waals surface area contributed by atoms with Crippen LogP contribution in [0.4, 0.5) is 0 Å². The van der Waals surface area contributed by atoms with Crippen LogP contribution in [0.3, 0.4) is 0 Å². The summed E-state index contributed by atoms with van der Waals surface area (Å²) in [6.07, 6.45) is -2.10. The van der Waals surface area contributed by atoms with Crippen LogP contribution in [0.1, 0.15) is 13.8 Å². The van der Waals surface area contributed by atoms with Crippen molar-refractivity contribution in [2.24, 2.45) is 11.5 Å². The molecule has 4 atom stereocenters. The summed E-state index contributed by atoms with van der Waals surface area (Å²) < 4.78 is 9.17. The van der Waals surface area contributed by atoms with Gasteiger partial charge in [-0.25, -0.2) is 0 Å². The Hall–Kier alpha value is -0.677. The summed E-state index contributed by atoms with van der Waals surface area (Å²) in [5, 5.41) is 18.0. The SMILES string of the molecule is C[C@@H](O)[C@H](N)C(=O)[O][Ge][O]C(=O)[C@@H](N)[C@@H](C)O. The zero-order valence-electron chi connectivity index (χ0n) is 9.49. The first-order chi connectivity index (χ1) is 7.77. The van der Waals surface area contributed by atoms with Crippen LogP contribution in [0.25, 0.3) is 0 Å². The molecule has 0 rings (SSSR count). The number of carbonyl (C=O) groups is 2.